The second-order valence-corrected chi connectivity index (χ2v) is 5.78. The summed E-state index contributed by atoms with van der Waals surface area (Å²) in [6.07, 6.45) is -5.26. The number of benzene rings is 2. The molecule has 0 aliphatic heterocycles. The fraction of sp³-hybridized carbons (Fsp3) is 0.235. The average molecular weight is 400 g/mol. The van der Waals surface area contributed by atoms with E-state index in [-0.39, 0.29) is 6.79 Å². The Labute approximate surface area is 145 Å². The summed E-state index contributed by atoms with van der Waals surface area (Å²) < 4.78 is 50.0. The predicted octanol–water partition coefficient (Wildman–Crippen LogP) is 5.05. The molecule has 0 spiro atoms. The molecule has 3 nitrogen and oxygen atoms in total. The second-order valence-electron chi connectivity index (χ2n) is 4.92. The van der Waals surface area contributed by atoms with Gasteiger partial charge in [0.1, 0.15) is 12.9 Å². The van der Waals surface area contributed by atoms with Crippen molar-refractivity contribution >= 4 is 15.9 Å². The Morgan fingerprint density at radius 1 is 1.21 bits per heavy atom. The van der Waals surface area contributed by atoms with E-state index >= 15 is 0 Å². The number of halogens is 4. The monoisotopic (exact) mass is 399 g/mol. The van der Waals surface area contributed by atoms with E-state index in [1.54, 1.807) is 24.3 Å². The van der Waals surface area contributed by atoms with Crippen LogP contribution in [-0.2, 0) is 15.7 Å². The summed E-state index contributed by atoms with van der Waals surface area (Å²) in [4.78, 5) is 0. The molecule has 2 aromatic carbocycles. The van der Waals surface area contributed by atoms with Crippen LogP contribution in [0.1, 0.15) is 28.4 Å². The van der Waals surface area contributed by atoms with Gasteiger partial charge in [0.25, 0.3) is 0 Å². The van der Waals surface area contributed by atoms with Crippen molar-refractivity contribution in [1.29, 1.82) is 5.26 Å². The van der Waals surface area contributed by atoms with Gasteiger partial charge in [-0.2, -0.15) is 18.4 Å². The van der Waals surface area contributed by atoms with E-state index in [1.165, 1.54) is 13.2 Å². The minimum Gasteiger partial charge on any atom is -0.359 e. The molecule has 0 amide bonds. The van der Waals surface area contributed by atoms with E-state index in [0.29, 0.717) is 21.2 Å². The van der Waals surface area contributed by atoms with Crippen LogP contribution in [0, 0.1) is 11.3 Å². The Kier molecular flexibility index (Phi) is 5.99. The van der Waals surface area contributed by atoms with Gasteiger partial charge in [0, 0.05) is 17.1 Å². The molecule has 24 heavy (non-hydrogen) atoms. The predicted molar refractivity (Wildman–Crippen MR) is 85.1 cm³/mol. The van der Waals surface area contributed by atoms with E-state index in [4.69, 9.17) is 14.7 Å². The molecule has 0 aliphatic carbocycles. The van der Waals surface area contributed by atoms with Crippen molar-refractivity contribution in [2.24, 2.45) is 0 Å². The summed E-state index contributed by atoms with van der Waals surface area (Å²) >= 11 is 3.36. The van der Waals surface area contributed by atoms with Crippen LogP contribution in [0.25, 0.3) is 0 Å². The molecule has 2 rings (SSSR count). The highest BCUT2D eigenvalue weighted by Crippen LogP contribution is 2.36. The van der Waals surface area contributed by atoms with Gasteiger partial charge in [0.05, 0.1) is 17.2 Å². The first-order valence-electron chi connectivity index (χ1n) is 6.84. The fourth-order valence-corrected chi connectivity index (χ4v) is 2.65. The maximum atomic E-state index is 13.0. The van der Waals surface area contributed by atoms with Crippen molar-refractivity contribution in [2.45, 2.75) is 12.3 Å². The number of ether oxygens (including phenoxy) is 2. The Bertz CT molecular complexity index is 756. The molecule has 1 unspecified atom stereocenters. The van der Waals surface area contributed by atoms with E-state index < -0.39 is 17.8 Å². The normalized spacial score (nSPS) is 12.7. The third kappa shape index (κ3) is 4.35. The lowest BCUT2D eigenvalue weighted by Gasteiger charge is -2.21. The first-order chi connectivity index (χ1) is 11.4. The van der Waals surface area contributed by atoms with Crippen molar-refractivity contribution in [3.63, 3.8) is 0 Å². The van der Waals surface area contributed by atoms with Crippen LogP contribution in [0.5, 0.6) is 0 Å². The first kappa shape index (κ1) is 18.5. The quantitative estimate of drug-likeness (QED) is 0.660. The van der Waals surface area contributed by atoms with Gasteiger partial charge in [-0.15, -0.1) is 0 Å². The Hall–Kier alpha value is -1.88. The van der Waals surface area contributed by atoms with Crippen molar-refractivity contribution in [3.05, 3.63) is 69.2 Å². The minimum atomic E-state index is -4.45. The fourth-order valence-electron chi connectivity index (χ4n) is 2.19. The van der Waals surface area contributed by atoms with Crippen molar-refractivity contribution in [2.75, 3.05) is 13.9 Å². The lowest BCUT2D eigenvalue weighted by Crippen LogP contribution is -2.12. The Morgan fingerprint density at radius 3 is 2.58 bits per heavy atom. The highest BCUT2D eigenvalue weighted by atomic mass is 79.9. The second kappa shape index (κ2) is 7.79. The van der Waals surface area contributed by atoms with Crippen molar-refractivity contribution in [1.82, 2.24) is 0 Å². The summed E-state index contributed by atoms with van der Waals surface area (Å²) in [5, 5.41) is 9.05. The van der Waals surface area contributed by atoms with Gasteiger partial charge in [-0.25, -0.2) is 0 Å². The number of hydrogen-bond donors (Lipinski definition) is 0. The molecule has 2 aromatic rings. The van der Waals surface area contributed by atoms with E-state index in [0.717, 1.165) is 12.1 Å². The van der Waals surface area contributed by atoms with Crippen molar-refractivity contribution in [3.8, 4) is 6.07 Å². The molecule has 0 heterocycles. The summed E-state index contributed by atoms with van der Waals surface area (Å²) in [6.45, 7) is -0.107. The molecule has 1 atom stereocenters. The molecule has 0 fully saturated rings. The zero-order valence-electron chi connectivity index (χ0n) is 12.6. The topological polar surface area (TPSA) is 42.2 Å². The zero-order chi connectivity index (χ0) is 17.7. The largest absolute Gasteiger partial charge is 0.416 e. The zero-order valence-corrected chi connectivity index (χ0v) is 14.2. The molecule has 0 saturated carbocycles. The van der Waals surface area contributed by atoms with Crippen LogP contribution < -0.4 is 0 Å². The average Bonchev–Trinajstić information content (AvgIpc) is 2.56. The van der Waals surface area contributed by atoms with Crippen LogP contribution in [0.15, 0.2) is 46.9 Å². The third-order valence-electron chi connectivity index (χ3n) is 3.28. The first-order valence-corrected chi connectivity index (χ1v) is 7.63. The Balaban J connectivity index is 2.52. The number of methoxy groups -OCH3 is 1. The van der Waals surface area contributed by atoms with E-state index in [1.807, 2.05) is 6.07 Å². The molecule has 0 aliphatic rings. The van der Waals surface area contributed by atoms with Gasteiger partial charge >= 0.3 is 6.18 Å². The lowest BCUT2D eigenvalue weighted by molar-refractivity contribution is -0.137. The Morgan fingerprint density at radius 2 is 1.96 bits per heavy atom. The van der Waals surface area contributed by atoms with Crippen LogP contribution in [-0.4, -0.2) is 13.9 Å². The SMILES string of the molecule is COCOC(c1cccc(C(F)(F)F)c1)c1cc(C#N)ccc1Br. The highest BCUT2D eigenvalue weighted by molar-refractivity contribution is 9.10. The van der Waals surface area contributed by atoms with Crippen LogP contribution >= 0.6 is 15.9 Å². The molecular weight excluding hydrogens is 387 g/mol. The van der Waals surface area contributed by atoms with Crippen LogP contribution in [0.4, 0.5) is 13.2 Å². The van der Waals surface area contributed by atoms with Gasteiger partial charge in [0.15, 0.2) is 0 Å². The van der Waals surface area contributed by atoms with Crippen molar-refractivity contribution < 1.29 is 22.6 Å². The molecule has 126 valence electrons. The van der Waals surface area contributed by atoms with Crippen LogP contribution in [0.3, 0.4) is 0 Å². The number of nitrogens with zero attached hydrogens (tertiary/aromatic N) is 1. The summed E-state index contributed by atoms with van der Waals surface area (Å²) in [6, 6.07) is 11.7. The van der Waals surface area contributed by atoms with E-state index in [2.05, 4.69) is 15.9 Å². The third-order valence-corrected chi connectivity index (χ3v) is 4.00. The minimum absolute atomic E-state index is 0.107. The summed E-state index contributed by atoms with van der Waals surface area (Å²) in [7, 11) is 1.42. The highest BCUT2D eigenvalue weighted by Gasteiger charge is 2.31. The maximum absolute atomic E-state index is 13.0. The number of hydrogen-bond acceptors (Lipinski definition) is 3. The number of rotatable bonds is 5. The maximum Gasteiger partial charge on any atom is 0.416 e. The van der Waals surface area contributed by atoms with E-state index in [9.17, 15) is 13.2 Å². The summed E-state index contributed by atoms with van der Waals surface area (Å²) in [5.74, 6) is 0. The van der Waals surface area contributed by atoms with Crippen LogP contribution in [0.2, 0.25) is 0 Å². The van der Waals surface area contributed by atoms with Gasteiger partial charge in [0.2, 0.25) is 0 Å². The standard InChI is InChI=1S/C17H13BrF3NO2/c1-23-10-24-16(14-7-11(9-22)5-6-15(14)18)12-3-2-4-13(8-12)17(19,20)21/h2-8,16H,10H2,1H3. The number of nitriles is 1. The molecule has 0 bridgehead atoms. The smallest absolute Gasteiger partial charge is 0.359 e. The molecule has 7 heteroatoms. The summed E-state index contributed by atoms with van der Waals surface area (Å²) in [5.41, 5.74) is 0.479. The lowest BCUT2D eigenvalue weighted by atomic mass is 9.98. The van der Waals surface area contributed by atoms with Gasteiger partial charge in [-0.3, -0.25) is 0 Å². The molecule has 0 N–H and O–H groups in total. The molecule has 0 saturated heterocycles. The van der Waals surface area contributed by atoms with Gasteiger partial charge in [-0.1, -0.05) is 28.1 Å². The van der Waals surface area contributed by atoms with Gasteiger partial charge < -0.3 is 9.47 Å². The molecular formula is C17H13BrF3NO2. The number of alkyl halides is 3. The molecule has 0 aromatic heterocycles. The van der Waals surface area contributed by atoms with Gasteiger partial charge in [-0.05, 0) is 35.9 Å². The molecule has 0 radical (unpaired) electrons.